The molecule has 1 rings (SSSR count). The molecule has 0 saturated heterocycles. The van der Waals surface area contributed by atoms with Crippen molar-refractivity contribution in [1.82, 2.24) is 0 Å². The number of ether oxygens (including phenoxy) is 1. The Labute approximate surface area is 90.2 Å². The first-order valence-electron chi connectivity index (χ1n) is 5.01. The number of methoxy groups -OCH3 is 1. The predicted molar refractivity (Wildman–Crippen MR) is 60.5 cm³/mol. The van der Waals surface area contributed by atoms with Crippen LogP contribution in [-0.2, 0) is 0 Å². The molecule has 2 N–H and O–H groups in total. The summed E-state index contributed by atoms with van der Waals surface area (Å²) >= 11 is 0. The van der Waals surface area contributed by atoms with Crippen LogP contribution in [0.4, 0.5) is 0 Å². The number of Topliss-reactive ketones (excluding diaryl/α,β-unsaturated/α-hetero) is 1. The van der Waals surface area contributed by atoms with Gasteiger partial charge in [0.1, 0.15) is 5.75 Å². The number of hydrogen-bond acceptors (Lipinski definition) is 3. The van der Waals surface area contributed by atoms with Crippen LogP contribution in [0.15, 0.2) is 18.2 Å². The SMILES string of the molecule is COc1ccc(C(C)C)cc1C(=O)CN. The second-order valence-electron chi connectivity index (χ2n) is 3.74. The summed E-state index contributed by atoms with van der Waals surface area (Å²) in [6.07, 6.45) is 0. The molecule has 0 spiro atoms. The maximum Gasteiger partial charge on any atom is 0.180 e. The molecule has 0 saturated carbocycles. The molecule has 0 atom stereocenters. The fourth-order valence-corrected chi connectivity index (χ4v) is 1.41. The minimum Gasteiger partial charge on any atom is -0.496 e. The molecule has 0 bridgehead atoms. The van der Waals surface area contributed by atoms with Gasteiger partial charge in [0.2, 0.25) is 0 Å². The van der Waals surface area contributed by atoms with Gasteiger partial charge in [0, 0.05) is 0 Å². The smallest absolute Gasteiger partial charge is 0.180 e. The molecule has 0 aromatic heterocycles. The second kappa shape index (κ2) is 4.94. The fraction of sp³-hybridized carbons (Fsp3) is 0.417. The van der Waals surface area contributed by atoms with Crippen LogP contribution in [0.1, 0.15) is 35.7 Å². The summed E-state index contributed by atoms with van der Waals surface area (Å²) in [5, 5.41) is 0. The van der Waals surface area contributed by atoms with Crippen molar-refractivity contribution in [1.29, 1.82) is 0 Å². The van der Waals surface area contributed by atoms with Gasteiger partial charge >= 0.3 is 0 Å². The highest BCUT2D eigenvalue weighted by molar-refractivity contribution is 6.00. The maximum atomic E-state index is 11.6. The quantitative estimate of drug-likeness (QED) is 0.768. The van der Waals surface area contributed by atoms with Crippen molar-refractivity contribution in [2.24, 2.45) is 5.73 Å². The van der Waals surface area contributed by atoms with Crippen LogP contribution in [0.3, 0.4) is 0 Å². The summed E-state index contributed by atoms with van der Waals surface area (Å²) in [7, 11) is 1.55. The van der Waals surface area contributed by atoms with Crippen LogP contribution in [0.5, 0.6) is 5.75 Å². The Bertz CT molecular complexity index is 359. The number of nitrogens with two attached hydrogens (primary N) is 1. The van der Waals surface area contributed by atoms with Gasteiger partial charge in [0.15, 0.2) is 5.78 Å². The van der Waals surface area contributed by atoms with Gasteiger partial charge in [-0.3, -0.25) is 4.79 Å². The topological polar surface area (TPSA) is 52.3 Å². The summed E-state index contributed by atoms with van der Waals surface area (Å²) in [5.41, 5.74) is 7.04. The highest BCUT2D eigenvalue weighted by Crippen LogP contribution is 2.24. The summed E-state index contributed by atoms with van der Waals surface area (Å²) in [5.74, 6) is 0.893. The van der Waals surface area contributed by atoms with E-state index in [-0.39, 0.29) is 12.3 Å². The van der Waals surface area contributed by atoms with Gasteiger partial charge in [-0.25, -0.2) is 0 Å². The normalized spacial score (nSPS) is 10.5. The molecule has 0 aliphatic carbocycles. The highest BCUT2D eigenvalue weighted by atomic mass is 16.5. The van der Waals surface area contributed by atoms with Crippen LogP contribution < -0.4 is 10.5 Å². The first kappa shape index (κ1) is 11.7. The van der Waals surface area contributed by atoms with E-state index in [1.807, 2.05) is 18.2 Å². The minimum atomic E-state index is -0.0886. The predicted octanol–water partition coefficient (Wildman–Crippen LogP) is 1.96. The van der Waals surface area contributed by atoms with Crippen molar-refractivity contribution in [3.8, 4) is 5.75 Å². The lowest BCUT2D eigenvalue weighted by Crippen LogP contribution is -2.15. The van der Waals surface area contributed by atoms with E-state index in [1.54, 1.807) is 7.11 Å². The molecule has 0 heterocycles. The zero-order chi connectivity index (χ0) is 11.4. The van der Waals surface area contributed by atoms with Crippen molar-refractivity contribution in [2.45, 2.75) is 19.8 Å². The molecule has 0 unspecified atom stereocenters. The number of ketones is 1. The Balaban J connectivity index is 3.19. The minimum absolute atomic E-state index is 0.0118. The van der Waals surface area contributed by atoms with E-state index in [2.05, 4.69) is 13.8 Å². The summed E-state index contributed by atoms with van der Waals surface area (Å²) < 4.78 is 5.13. The maximum absolute atomic E-state index is 11.6. The lowest BCUT2D eigenvalue weighted by Gasteiger charge is -2.11. The average molecular weight is 207 g/mol. The summed E-state index contributed by atoms with van der Waals surface area (Å²) in [6, 6.07) is 5.65. The lowest BCUT2D eigenvalue weighted by molar-refractivity contribution is 0.0998. The standard InChI is InChI=1S/C12H17NO2/c1-8(2)9-4-5-12(15-3)10(6-9)11(14)7-13/h4-6,8H,7,13H2,1-3H3. The molecule has 3 nitrogen and oxygen atoms in total. The molecule has 0 fully saturated rings. The van der Waals surface area contributed by atoms with Crippen molar-refractivity contribution < 1.29 is 9.53 Å². The molecular formula is C12H17NO2. The molecular weight excluding hydrogens is 190 g/mol. The van der Waals surface area contributed by atoms with Crippen LogP contribution in [0, 0.1) is 0 Å². The molecule has 0 aliphatic rings. The molecule has 0 aliphatic heterocycles. The third-order valence-electron chi connectivity index (χ3n) is 2.38. The van der Waals surface area contributed by atoms with Crippen molar-refractivity contribution in [3.63, 3.8) is 0 Å². The van der Waals surface area contributed by atoms with Crippen molar-refractivity contribution in [3.05, 3.63) is 29.3 Å². The van der Waals surface area contributed by atoms with Crippen LogP contribution >= 0.6 is 0 Å². The molecule has 82 valence electrons. The third-order valence-corrected chi connectivity index (χ3v) is 2.38. The number of benzene rings is 1. The van der Waals surface area contributed by atoms with E-state index in [4.69, 9.17) is 10.5 Å². The Morgan fingerprint density at radius 1 is 1.47 bits per heavy atom. The molecule has 15 heavy (non-hydrogen) atoms. The molecule has 1 aromatic carbocycles. The highest BCUT2D eigenvalue weighted by Gasteiger charge is 2.12. The zero-order valence-electron chi connectivity index (χ0n) is 9.41. The van der Waals surface area contributed by atoms with Gasteiger partial charge in [0.05, 0.1) is 19.2 Å². The van der Waals surface area contributed by atoms with Gasteiger partial charge < -0.3 is 10.5 Å². The first-order valence-corrected chi connectivity index (χ1v) is 5.01. The zero-order valence-corrected chi connectivity index (χ0v) is 9.41. The van der Waals surface area contributed by atoms with E-state index in [0.29, 0.717) is 17.2 Å². The van der Waals surface area contributed by atoms with Gasteiger partial charge in [-0.05, 0) is 23.6 Å². The summed E-state index contributed by atoms with van der Waals surface area (Å²) in [4.78, 5) is 11.6. The van der Waals surface area contributed by atoms with E-state index in [1.165, 1.54) is 0 Å². The third kappa shape index (κ3) is 2.57. The van der Waals surface area contributed by atoms with Crippen molar-refractivity contribution in [2.75, 3.05) is 13.7 Å². The van der Waals surface area contributed by atoms with Gasteiger partial charge in [0.25, 0.3) is 0 Å². The molecule has 0 radical (unpaired) electrons. The first-order chi connectivity index (χ1) is 7.10. The van der Waals surface area contributed by atoms with Gasteiger partial charge in [-0.1, -0.05) is 19.9 Å². The summed E-state index contributed by atoms with van der Waals surface area (Å²) in [6.45, 7) is 4.18. The number of rotatable bonds is 4. The second-order valence-corrected chi connectivity index (χ2v) is 3.74. The largest absolute Gasteiger partial charge is 0.496 e. The fourth-order valence-electron chi connectivity index (χ4n) is 1.41. The van der Waals surface area contributed by atoms with Gasteiger partial charge in [-0.15, -0.1) is 0 Å². The lowest BCUT2D eigenvalue weighted by atomic mass is 9.98. The van der Waals surface area contributed by atoms with Crippen LogP contribution in [0.25, 0.3) is 0 Å². The Morgan fingerprint density at radius 3 is 2.60 bits per heavy atom. The van der Waals surface area contributed by atoms with Crippen LogP contribution in [-0.4, -0.2) is 19.4 Å². The van der Waals surface area contributed by atoms with E-state index >= 15 is 0 Å². The Kier molecular flexibility index (Phi) is 3.86. The Hall–Kier alpha value is -1.35. The van der Waals surface area contributed by atoms with Gasteiger partial charge in [-0.2, -0.15) is 0 Å². The molecule has 0 amide bonds. The monoisotopic (exact) mass is 207 g/mol. The number of carbonyl (C=O) groups excluding carboxylic acids is 1. The number of carbonyl (C=O) groups is 1. The Morgan fingerprint density at radius 2 is 2.13 bits per heavy atom. The molecule has 3 heteroatoms. The van der Waals surface area contributed by atoms with Crippen LogP contribution in [0.2, 0.25) is 0 Å². The van der Waals surface area contributed by atoms with E-state index in [9.17, 15) is 4.79 Å². The van der Waals surface area contributed by atoms with E-state index in [0.717, 1.165) is 5.56 Å². The molecule has 1 aromatic rings. The van der Waals surface area contributed by atoms with E-state index < -0.39 is 0 Å². The van der Waals surface area contributed by atoms with Crippen molar-refractivity contribution >= 4 is 5.78 Å². The number of hydrogen-bond donors (Lipinski definition) is 1. The average Bonchev–Trinajstić information content (AvgIpc) is 2.27.